The van der Waals surface area contributed by atoms with E-state index in [1.54, 1.807) is 0 Å². The molecule has 0 aliphatic heterocycles. The van der Waals surface area contributed by atoms with Gasteiger partial charge in [0.15, 0.2) is 0 Å². The minimum Gasteiger partial charge on any atom is -0.481 e. The lowest BCUT2D eigenvalue weighted by Crippen LogP contribution is -2.31. The molecule has 11 heavy (non-hydrogen) atoms. The van der Waals surface area contributed by atoms with E-state index < -0.39 is 5.97 Å². The van der Waals surface area contributed by atoms with Gasteiger partial charge in [0, 0.05) is 6.04 Å². The van der Waals surface area contributed by atoms with Gasteiger partial charge in [-0.1, -0.05) is 19.2 Å². The van der Waals surface area contributed by atoms with Crippen molar-refractivity contribution in [2.75, 3.05) is 0 Å². The van der Waals surface area contributed by atoms with E-state index in [1.807, 2.05) is 0 Å². The van der Waals surface area contributed by atoms with Gasteiger partial charge in [0.1, 0.15) is 0 Å². The zero-order valence-electron chi connectivity index (χ0n) is 6.29. The summed E-state index contributed by atoms with van der Waals surface area (Å²) in [5.41, 5.74) is 0. The standard InChI is InChI=1S/C7H13NO2S/c9-7(10)5-2-1-3-6(4-5)8-11/h5-6,8,11H,1-4H2,(H,9,10). The highest BCUT2D eigenvalue weighted by Crippen LogP contribution is 2.24. The molecule has 2 atom stereocenters. The number of rotatable bonds is 2. The van der Waals surface area contributed by atoms with Gasteiger partial charge in [-0.3, -0.25) is 9.52 Å². The Bertz CT molecular complexity index is 151. The van der Waals surface area contributed by atoms with E-state index in [1.165, 1.54) is 0 Å². The molecule has 3 nitrogen and oxygen atoms in total. The molecule has 0 amide bonds. The predicted molar refractivity (Wildman–Crippen MR) is 45.5 cm³/mol. The van der Waals surface area contributed by atoms with Crippen molar-refractivity contribution < 1.29 is 9.90 Å². The zero-order valence-corrected chi connectivity index (χ0v) is 7.18. The average molecular weight is 175 g/mol. The van der Waals surface area contributed by atoms with Crippen molar-refractivity contribution in [3.8, 4) is 0 Å². The van der Waals surface area contributed by atoms with Crippen LogP contribution in [0.4, 0.5) is 0 Å². The third kappa shape index (κ3) is 2.38. The molecule has 0 bridgehead atoms. The van der Waals surface area contributed by atoms with Crippen molar-refractivity contribution in [2.24, 2.45) is 5.92 Å². The molecular weight excluding hydrogens is 162 g/mol. The second kappa shape index (κ2) is 3.97. The number of hydrogen-bond donors (Lipinski definition) is 3. The average Bonchev–Trinajstić information content (AvgIpc) is 2.05. The SMILES string of the molecule is O=C(O)C1CCCC(NS)C1. The Kier molecular flexibility index (Phi) is 3.20. The first-order valence-corrected chi connectivity index (χ1v) is 4.31. The Morgan fingerprint density at radius 1 is 1.55 bits per heavy atom. The normalized spacial score (nSPS) is 31.7. The van der Waals surface area contributed by atoms with E-state index in [0.717, 1.165) is 25.7 Å². The predicted octanol–water partition coefficient (Wildman–Crippen LogP) is 1.06. The molecular formula is C7H13NO2S. The summed E-state index contributed by atoms with van der Waals surface area (Å²) in [6, 6.07) is 0.285. The highest BCUT2D eigenvalue weighted by Gasteiger charge is 2.25. The van der Waals surface area contributed by atoms with Crippen molar-refractivity contribution in [1.29, 1.82) is 0 Å². The summed E-state index contributed by atoms with van der Waals surface area (Å²) in [7, 11) is 0. The maximum Gasteiger partial charge on any atom is 0.306 e. The van der Waals surface area contributed by atoms with Crippen LogP contribution in [0.15, 0.2) is 0 Å². The Morgan fingerprint density at radius 3 is 2.82 bits per heavy atom. The van der Waals surface area contributed by atoms with Gasteiger partial charge < -0.3 is 5.11 Å². The van der Waals surface area contributed by atoms with Crippen molar-refractivity contribution in [3.63, 3.8) is 0 Å². The lowest BCUT2D eigenvalue weighted by molar-refractivity contribution is -0.143. The topological polar surface area (TPSA) is 49.3 Å². The summed E-state index contributed by atoms with van der Waals surface area (Å²) in [5, 5.41) is 8.70. The monoisotopic (exact) mass is 175 g/mol. The Balaban J connectivity index is 2.39. The maximum atomic E-state index is 10.6. The van der Waals surface area contributed by atoms with Gasteiger partial charge in [0.2, 0.25) is 0 Å². The van der Waals surface area contributed by atoms with E-state index in [-0.39, 0.29) is 12.0 Å². The molecule has 0 spiro atoms. The van der Waals surface area contributed by atoms with Crippen molar-refractivity contribution in [1.82, 2.24) is 4.72 Å². The van der Waals surface area contributed by atoms with Crippen LogP contribution in [0, 0.1) is 5.92 Å². The third-order valence-electron chi connectivity index (χ3n) is 2.21. The smallest absolute Gasteiger partial charge is 0.306 e. The van der Waals surface area contributed by atoms with Crippen LogP contribution in [-0.4, -0.2) is 17.1 Å². The molecule has 64 valence electrons. The van der Waals surface area contributed by atoms with Gasteiger partial charge >= 0.3 is 5.97 Å². The fourth-order valence-electron chi connectivity index (χ4n) is 1.53. The third-order valence-corrected chi connectivity index (χ3v) is 2.57. The van der Waals surface area contributed by atoms with Crippen molar-refractivity contribution in [3.05, 3.63) is 0 Å². The highest BCUT2D eigenvalue weighted by molar-refractivity contribution is 7.78. The number of thiol groups is 1. The lowest BCUT2D eigenvalue weighted by Gasteiger charge is -2.25. The Morgan fingerprint density at radius 2 is 2.27 bits per heavy atom. The molecule has 0 aromatic heterocycles. The lowest BCUT2D eigenvalue weighted by atomic mass is 9.86. The van der Waals surface area contributed by atoms with Crippen LogP contribution in [0.1, 0.15) is 25.7 Å². The van der Waals surface area contributed by atoms with E-state index in [2.05, 4.69) is 17.5 Å². The van der Waals surface area contributed by atoms with E-state index in [4.69, 9.17) is 5.11 Å². The van der Waals surface area contributed by atoms with Crippen LogP contribution >= 0.6 is 12.8 Å². The first kappa shape index (κ1) is 8.87. The minimum atomic E-state index is -0.668. The number of nitrogens with one attached hydrogen (secondary N) is 1. The van der Waals surface area contributed by atoms with Crippen molar-refractivity contribution >= 4 is 18.8 Å². The summed E-state index contributed by atoms with van der Waals surface area (Å²) in [6.07, 6.45) is 3.59. The largest absolute Gasteiger partial charge is 0.481 e. The second-order valence-electron chi connectivity index (χ2n) is 3.03. The maximum absolute atomic E-state index is 10.6. The minimum absolute atomic E-state index is 0.159. The number of aliphatic carboxylic acids is 1. The first-order chi connectivity index (χ1) is 5.24. The molecule has 1 saturated carbocycles. The number of carboxylic acids is 1. The molecule has 1 rings (SSSR count). The van der Waals surface area contributed by atoms with Crippen molar-refractivity contribution in [2.45, 2.75) is 31.7 Å². The molecule has 1 aliphatic rings. The zero-order chi connectivity index (χ0) is 8.27. The summed E-state index contributed by atoms with van der Waals surface area (Å²) in [4.78, 5) is 10.6. The van der Waals surface area contributed by atoms with Gasteiger partial charge in [0.25, 0.3) is 0 Å². The molecule has 0 aromatic rings. The molecule has 0 aromatic carbocycles. The molecule has 4 heteroatoms. The van der Waals surface area contributed by atoms with Gasteiger partial charge in [-0.05, 0) is 19.3 Å². The molecule has 0 saturated heterocycles. The van der Waals surface area contributed by atoms with E-state index >= 15 is 0 Å². The number of hydrogen-bond acceptors (Lipinski definition) is 3. The molecule has 0 heterocycles. The van der Waals surface area contributed by atoms with Crippen LogP contribution in [-0.2, 0) is 4.79 Å². The fraction of sp³-hybridized carbons (Fsp3) is 0.857. The van der Waals surface area contributed by atoms with Crippen LogP contribution in [0.25, 0.3) is 0 Å². The van der Waals surface area contributed by atoms with Crippen LogP contribution in [0.5, 0.6) is 0 Å². The molecule has 2 N–H and O–H groups in total. The molecule has 1 fully saturated rings. The number of carboxylic acid groups (broad SMARTS) is 1. The molecule has 0 radical (unpaired) electrons. The summed E-state index contributed by atoms with van der Waals surface area (Å²) in [5.74, 6) is -0.827. The highest BCUT2D eigenvalue weighted by atomic mass is 32.1. The molecule has 1 aliphatic carbocycles. The van der Waals surface area contributed by atoms with Gasteiger partial charge in [-0.2, -0.15) is 0 Å². The summed E-state index contributed by atoms with van der Waals surface area (Å²) in [6.45, 7) is 0. The van der Waals surface area contributed by atoms with Crippen LogP contribution in [0.2, 0.25) is 0 Å². The van der Waals surface area contributed by atoms with Gasteiger partial charge in [0.05, 0.1) is 5.92 Å². The Hall–Kier alpha value is -0.220. The first-order valence-electron chi connectivity index (χ1n) is 3.86. The Labute approximate surface area is 71.7 Å². The van der Waals surface area contributed by atoms with Gasteiger partial charge in [-0.15, -0.1) is 0 Å². The summed E-state index contributed by atoms with van der Waals surface area (Å²) >= 11 is 3.93. The quantitative estimate of drug-likeness (QED) is 0.550. The van der Waals surface area contributed by atoms with Crippen LogP contribution < -0.4 is 4.72 Å². The van der Waals surface area contributed by atoms with E-state index in [9.17, 15) is 4.79 Å². The van der Waals surface area contributed by atoms with E-state index in [0.29, 0.717) is 0 Å². The second-order valence-corrected chi connectivity index (χ2v) is 3.29. The summed E-state index contributed by atoms with van der Waals surface area (Å²) < 4.78 is 2.82. The van der Waals surface area contributed by atoms with Crippen LogP contribution in [0.3, 0.4) is 0 Å². The number of carbonyl (C=O) groups is 1. The molecule has 2 unspecified atom stereocenters. The van der Waals surface area contributed by atoms with Gasteiger partial charge in [-0.25, -0.2) is 0 Å². The fourth-order valence-corrected chi connectivity index (χ4v) is 1.77.